The summed E-state index contributed by atoms with van der Waals surface area (Å²) < 4.78 is 11.3. The van der Waals surface area contributed by atoms with E-state index in [0.717, 1.165) is 28.4 Å². The predicted octanol–water partition coefficient (Wildman–Crippen LogP) is 5.27. The molecule has 0 unspecified atom stereocenters. The van der Waals surface area contributed by atoms with Crippen molar-refractivity contribution in [1.29, 1.82) is 0 Å². The number of carbonyl (C=O) groups excluding carboxylic acids is 2. The van der Waals surface area contributed by atoms with Crippen LogP contribution in [0.5, 0.6) is 0 Å². The minimum atomic E-state index is -0.465. The van der Waals surface area contributed by atoms with Gasteiger partial charge in [-0.1, -0.05) is 54.5 Å². The molecule has 2 N–H and O–H groups in total. The third-order valence-electron chi connectivity index (χ3n) is 5.83. The Balaban J connectivity index is 2.27. The first-order chi connectivity index (χ1) is 18.0. The number of cyclic esters (lactones) is 2. The third-order valence-corrected chi connectivity index (χ3v) is 6.96. The molecule has 1 aromatic heterocycles. The van der Waals surface area contributed by atoms with Gasteiger partial charge in [0.15, 0.2) is 0 Å². The van der Waals surface area contributed by atoms with E-state index in [1.54, 1.807) is 17.4 Å². The Morgan fingerprint density at radius 1 is 1.18 bits per heavy atom. The number of aromatic nitrogens is 1. The molecular weight excluding hydrogens is 498 g/mol. The summed E-state index contributed by atoms with van der Waals surface area (Å²) in [4.78, 5) is 31.9. The molecule has 4 atom stereocenters. The minimum absolute atomic E-state index is 0.0966. The number of ether oxygens (including phenoxy) is 2. The number of hydrogen-bond acceptors (Lipinski definition) is 8. The van der Waals surface area contributed by atoms with Crippen molar-refractivity contribution in [3.05, 3.63) is 75.8 Å². The molecule has 38 heavy (non-hydrogen) atoms. The highest BCUT2D eigenvalue weighted by atomic mass is 32.1. The number of allylic oxidation sites excluding steroid dienone is 6. The van der Waals surface area contributed by atoms with Crippen LogP contribution >= 0.6 is 11.3 Å². The van der Waals surface area contributed by atoms with Crippen LogP contribution in [0.4, 0.5) is 0 Å². The molecule has 1 aliphatic rings. The number of nitrogens with zero attached hydrogens (tertiary/aromatic N) is 2. The summed E-state index contributed by atoms with van der Waals surface area (Å²) in [5, 5.41) is 2.95. The van der Waals surface area contributed by atoms with Gasteiger partial charge in [0.2, 0.25) is 0 Å². The number of likely N-dealkylation sites (N-methyl/N-ethyl adjacent to an activating group) is 1. The van der Waals surface area contributed by atoms with Crippen LogP contribution in [0.2, 0.25) is 0 Å². The predicted molar refractivity (Wildman–Crippen MR) is 155 cm³/mol. The van der Waals surface area contributed by atoms with Gasteiger partial charge in [-0.25, -0.2) is 9.78 Å². The first kappa shape index (κ1) is 31.4. The second-order valence-electron chi connectivity index (χ2n) is 10.3. The molecule has 0 saturated carbocycles. The molecular formula is C30H43N3O4S. The van der Waals surface area contributed by atoms with Gasteiger partial charge in [0, 0.05) is 42.8 Å². The fourth-order valence-corrected chi connectivity index (χ4v) is 4.96. The van der Waals surface area contributed by atoms with Gasteiger partial charge in [0.1, 0.15) is 12.2 Å². The summed E-state index contributed by atoms with van der Waals surface area (Å²) >= 11 is 1.56. The second-order valence-corrected chi connectivity index (χ2v) is 11.2. The molecule has 1 aliphatic heterocycles. The molecule has 0 fully saturated rings. The fourth-order valence-electron chi connectivity index (χ4n) is 4.06. The van der Waals surface area contributed by atoms with Crippen molar-refractivity contribution in [2.24, 2.45) is 5.73 Å². The van der Waals surface area contributed by atoms with Gasteiger partial charge in [-0.15, -0.1) is 11.3 Å². The van der Waals surface area contributed by atoms with E-state index >= 15 is 0 Å². The number of hydrogen-bond donors (Lipinski definition) is 1. The molecule has 8 heteroatoms. The Kier molecular flexibility index (Phi) is 13.4. The largest absolute Gasteiger partial charge is 0.462 e. The van der Waals surface area contributed by atoms with Crippen molar-refractivity contribution in [2.45, 2.75) is 77.5 Å². The van der Waals surface area contributed by atoms with Gasteiger partial charge in [-0.05, 0) is 47.4 Å². The number of nitrogens with two attached hydrogens (primary N) is 1. The van der Waals surface area contributed by atoms with Crippen LogP contribution in [0.15, 0.2) is 65.1 Å². The smallest absolute Gasteiger partial charge is 0.331 e. The molecule has 0 aliphatic carbocycles. The summed E-state index contributed by atoms with van der Waals surface area (Å²) in [6.07, 6.45) is 16.0. The molecule has 2 heterocycles. The van der Waals surface area contributed by atoms with Gasteiger partial charge in [-0.2, -0.15) is 0 Å². The van der Waals surface area contributed by atoms with Crippen molar-refractivity contribution >= 4 is 23.3 Å². The average molecular weight is 542 g/mol. The second kappa shape index (κ2) is 16.2. The zero-order chi connectivity index (χ0) is 28.1. The van der Waals surface area contributed by atoms with Gasteiger partial charge < -0.3 is 20.1 Å². The van der Waals surface area contributed by atoms with Crippen molar-refractivity contribution in [1.82, 2.24) is 9.88 Å². The molecule has 208 valence electrons. The zero-order valence-electron chi connectivity index (χ0n) is 23.6. The molecule has 2 rings (SSSR count). The Morgan fingerprint density at radius 2 is 1.95 bits per heavy atom. The summed E-state index contributed by atoms with van der Waals surface area (Å²) in [6.45, 7) is 8.71. The highest BCUT2D eigenvalue weighted by Gasteiger charge is 2.20. The summed E-state index contributed by atoms with van der Waals surface area (Å²) in [5.41, 5.74) is 9.11. The van der Waals surface area contributed by atoms with Crippen LogP contribution < -0.4 is 5.73 Å². The monoisotopic (exact) mass is 541 g/mol. The van der Waals surface area contributed by atoms with Crippen molar-refractivity contribution in [2.75, 3.05) is 20.6 Å². The van der Waals surface area contributed by atoms with Crippen LogP contribution in [-0.4, -0.2) is 60.7 Å². The Morgan fingerprint density at radius 3 is 2.68 bits per heavy atom. The van der Waals surface area contributed by atoms with Crippen LogP contribution in [0.3, 0.4) is 0 Å². The maximum atomic E-state index is 12.6. The van der Waals surface area contributed by atoms with Crippen LogP contribution in [0, 0.1) is 0 Å². The van der Waals surface area contributed by atoms with Gasteiger partial charge >= 0.3 is 11.9 Å². The molecule has 2 bridgehead atoms. The molecule has 0 saturated heterocycles. The lowest BCUT2D eigenvalue weighted by molar-refractivity contribution is -0.148. The quantitative estimate of drug-likeness (QED) is 0.401. The summed E-state index contributed by atoms with van der Waals surface area (Å²) in [7, 11) is 4.05. The first-order valence-corrected chi connectivity index (χ1v) is 14.0. The van der Waals surface area contributed by atoms with E-state index in [1.165, 1.54) is 6.08 Å². The molecule has 0 amide bonds. The number of esters is 2. The average Bonchev–Trinajstić information content (AvgIpc) is 3.26. The lowest BCUT2D eigenvalue weighted by Crippen LogP contribution is -2.28. The van der Waals surface area contributed by atoms with E-state index in [4.69, 9.17) is 20.2 Å². The Labute approximate surface area is 231 Å². The molecule has 0 aromatic carbocycles. The van der Waals surface area contributed by atoms with E-state index < -0.39 is 12.1 Å². The van der Waals surface area contributed by atoms with Gasteiger partial charge in [-0.3, -0.25) is 4.79 Å². The minimum Gasteiger partial charge on any atom is -0.462 e. The highest BCUT2D eigenvalue weighted by Crippen LogP contribution is 2.26. The van der Waals surface area contributed by atoms with Gasteiger partial charge in [0.05, 0.1) is 17.1 Å². The van der Waals surface area contributed by atoms with Crippen molar-refractivity contribution < 1.29 is 19.1 Å². The van der Waals surface area contributed by atoms with Crippen LogP contribution in [-0.2, 0) is 25.5 Å². The number of rotatable bonds is 5. The van der Waals surface area contributed by atoms with Crippen LogP contribution in [0.25, 0.3) is 0 Å². The highest BCUT2D eigenvalue weighted by molar-refractivity contribution is 7.09. The van der Waals surface area contributed by atoms with Gasteiger partial charge in [0.25, 0.3) is 0 Å². The standard InChI is InChI=1S/C30H43N3O4S/c1-21-12-10-13-28(34)37-27(16-22(2)11-8-7-9-14-33(5)6)19-26-20-38-30(32-26)23(3)17-25(31)18-29(35)36-24(4)15-21/h7-13,16,20,23-25,27H,14-15,17-19,31H2,1-6H3/b9-7+,11-8+,13-10-,21-12-,22-16+/t23-,24+,25-,27+/m0/s1. The molecule has 7 nitrogen and oxygen atoms in total. The van der Waals surface area contributed by atoms with E-state index in [9.17, 15) is 9.59 Å². The molecule has 1 aromatic rings. The lowest BCUT2D eigenvalue weighted by Gasteiger charge is -2.18. The fraction of sp³-hybridized carbons (Fsp3) is 0.500. The van der Waals surface area contributed by atoms with Crippen LogP contribution in [0.1, 0.15) is 63.6 Å². The molecule has 0 radical (unpaired) electrons. The molecule has 0 spiro atoms. The summed E-state index contributed by atoms with van der Waals surface area (Å²) in [5.74, 6) is -0.626. The van der Waals surface area contributed by atoms with E-state index in [-0.39, 0.29) is 30.5 Å². The maximum absolute atomic E-state index is 12.6. The Bertz CT molecular complexity index is 1070. The number of thiazole rings is 1. The van der Waals surface area contributed by atoms with E-state index in [2.05, 4.69) is 17.9 Å². The van der Waals surface area contributed by atoms with E-state index in [0.29, 0.717) is 19.3 Å². The van der Waals surface area contributed by atoms with Crippen molar-refractivity contribution in [3.8, 4) is 0 Å². The normalized spacial score (nSPS) is 27.4. The SMILES string of the molecule is C/C1=C/C=C\C(=O)O[C@H](/C=C(C)/C=C/C=C/CN(C)C)Cc2csc(n2)[C@@H](C)C[C@H](N)CC(=O)O[C@H](C)C1. The lowest BCUT2D eigenvalue weighted by atomic mass is 10.0. The summed E-state index contributed by atoms with van der Waals surface area (Å²) in [6, 6.07) is -0.309. The van der Waals surface area contributed by atoms with E-state index in [1.807, 2.05) is 70.6 Å². The maximum Gasteiger partial charge on any atom is 0.331 e. The topological polar surface area (TPSA) is 94.8 Å². The third kappa shape index (κ3) is 12.6. The Hall–Kier alpha value is -2.81. The first-order valence-electron chi connectivity index (χ1n) is 13.1. The number of carbonyl (C=O) groups is 2. The number of fused-ring (bicyclic) bond motifs is 2. The van der Waals surface area contributed by atoms with Crippen molar-refractivity contribution in [3.63, 3.8) is 0 Å². The zero-order valence-corrected chi connectivity index (χ0v) is 24.4.